The zero-order valence-electron chi connectivity index (χ0n) is 22.0. The van der Waals surface area contributed by atoms with Crippen molar-refractivity contribution in [3.63, 3.8) is 0 Å². The highest BCUT2D eigenvalue weighted by Crippen LogP contribution is 2.46. The summed E-state index contributed by atoms with van der Waals surface area (Å²) in [4.78, 5) is 30.5. The molecular weight excluding hydrogens is 470 g/mol. The molecular formula is C29H35N3O3S. The van der Waals surface area contributed by atoms with Gasteiger partial charge in [0.25, 0.3) is 11.8 Å². The first-order chi connectivity index (χ1) is 17.1. The van der Waals surface area contributed by atoms with Crippen molar-refractivity contribution in [3.8, 4) is 5.75 Å². The number of hydrogen-bond acceptors (Lipinski definition) is 5. The fourth-order valence-corrected chi connectivity index (χ4v) is 5.80. The standard InChI is InChI=1S/C29H35N3O3S/c1-7-13-31-24-16-25(35-6)20(14-21(24)18(3)17-29(31,4)5)15-22-26(33)30-28(36)32(27(22)34)23-12-10-9-11-19(23)8-2/h9-12,14-16,18H,7-8,13,17H2,1-6H3,(H,30,33,36)/b22-15-. The van der Waals surface area contributed by atoms with Gasteiger partial charge in [-0.2, -0.15) is 0 Å². The number of ether oxygens (including phenoxy) is 1. The molecule has 1 unspecified atom stereocenters. The molecule has 36 heavy (non-hydrogen) atoms. The number of amides is 2. The Morgan fingerprint density at radius 2 is 1.89 bits per heavy atom. The zero-order valence-corrected chi connectivity index (χ0v) is 22.8. The van der Waals surface area contributed by atoms with Gasteiger partial charge in [-0.15, -0.1) is 0 Å². The van der Waals surface area contributed by atoms with Gasteiger partial charge >= 0.3 is 0 Å². The third-order valence-corrected chi connectivity index (χ3v) is 7.48. The molecule has 0 radical (unpaired) electrons. The van der Waals surface area contributed by atoms with Crippen LogP contribution in [0.25, 0.3) is 6.08 Å². The summed E-state index contributed by atoms with van der Waals surface area (Å²) < 4.78 is 5.77. The van der Waals surface area contributed by atoms with Crippen LogP contribution in [0.15, 0.2) is 42.0 Å². The monoisotopic (exact) mass is 505 g/mol. The lowest BCUT2D eigenvalue weighted by atomic mass is 9.79. The van der Waals surface area contributed by atoms with E-state index in [2.05, 4.69) is 50.0 Å². The van der Waals surface area contributed by atoms with Crippen molar-refractivity contribution in [3.05, 3.63) is 58.7 Å². The van der Waals surface area contributed by atoms with Crippen molar-refractivity contribution in [2.75, 3.05) is 23.5 Å². The van der Waals surface area contributed by atoms with E-state index in [1.54, 1.807) is 13.2 Å². The highest BCUT2D eigenvalue weighted by molar-refractivity contribution is 7.80. The van der Waals surface area contributed by atoms with Gasteiger partial charge in [0.15, 0.2) is 5.11 Å². The average Bonchev–Trinajstić information content (AvgIpc) is 2.84. The maximum Gasteiger partial charge on any atom is 0.270 e. The molecule has 7 heteroatoms. The number of thiocarbonyl (C=S) groups is 1. The molecule has 2 aromatic rings. The summed E-state index contributed by atoms with van der Waals surface area (Å²) in [5.41, 5.74) is 4.76. The lowest BCUT2D eigenvalue weighted by Crippen LogP contribution is -2.54. The Balaban J connectivity index is 1.82. The van der Waals surface area contributed by atoms with E-state index < -0.39 is 11.8 Å². The first kappa shape index (κ1) is 25.9. The molecule has 6 nitrogen and oxygen atoms in total. The first-order valence-electron chi connectivity index (χ1n) is 12.6. The van der Waals surface area contributed by atoms with Gasteiger partial charge in [-0.05, 0) is 80.6 Å². The molecule has 1 N–H and O–H groups in total. The van der Waals surface area contributed by atoms with Gasteiger partial charge in [0.05, 0.1) is 12.8 Å². The minimum Gasteiger partial charge on any atom is -0.496 e. The van der Waals surface area contributed by atoms with Gasteiger partial charge in [0, 0.05) is 29.4 Å². The number of hydrogen-bond donors (Lipinski definition) is 1. The second kappa shape index (κ2) is 10.1. The number of aryl methyl sites for hydroxylation is 1. The maximum atomic E-state index is 13.7. The van der Waals surface area contributed by atoms with Gasteiger partial charge in [0.2, 0.25) is 0 Å². The van der Waals surface area contributed by atoms with Crippen LogP contribution in [0.3, 0.4) is 0 Å². The van der Waals surface area contributed by atoms with E-state index in [1.807, 2.05) is 31.2 Å². The van der Waals surface area contributed by atoms with Crippen LogP contribution in [-0.4, -0.2) is 36.1 Å². The molecule has 2 aliphatic rings. The fourth-order valence-electron chi connectivity index (χ4n) is 5.52. The quantitative estimate of drug-likeness (QED) is 0.315. The van der Waals surface area contributed by atoms with Crippen LogP contribution in [0.2, 0.25) is 0 Å². The van der Waals surface area contributed by atoms with Crippen LogP contribution in [0.4, 0.5) is 11.4 Å². The molecule has 0 saturated carbocycles. The summed E-state index contributed by atoms with van der Waals surface area (Å²) >= 11 is 5.41. The Labute approximate surface area is 219 Å². The molecule has 4 rings (SSSR count). The molecule has 0 aliphatic carbocycles. The van der Waals surface area contributed by atoms with Crippen molar-refractivity contribution < 1.29 is 14.3 Å². The van der Waals surface area contributed by atoms with E-state index in [0.717, 1.165) is 37.1 Å². The van der Waals surface area contributed by atoms with Crippen molar-refractivity contribution in [2.24, 2.45) is 0 Å². The Kier molecular flexibility index (Phi) is 7.23. The highest BCUT2D eigenvalue weighted by atomic mass is 32.1. The van der Waals surface area contributed by atoms with Gasteiger partial charge in [-0.25, -0.2) is 0 Å². The summed E-state index contributed by atoms with van der Waals surface area (Å²) in [5, 5.41) is 2.79. The number of rotatable bonds is 6. The Bertz CT molecular complexity index is 1250. The third-order valence-electron chi connectivity index (χ3n) is 7.20. The van der Waals surface area contributed by atoms with Crippen LogP contribution < -0.4 is 19.9 Å². The number of benzene rings is 2. The minimum atomic E-state index is -0.503. The van der Waals surface area contributed by atoms with Crippen LogP contribution in [0.1, 0.15) is 70.1 Å². The average molecular weight is 506 g/mol. The minimum absolute atomic E-state index is 0.0233. The second-order valence-electron chi connectivity index (χ2n) is 10.2. The fraction of sp³-hybridized carbons (Fsp3) is 0.414. The number of fused-ring (bicyclic) bond motifs is 1. The Morgan fingerprint density at radius 3 is 2.56 bits per heavy atom. The number of anilines is 2. The van der Waals surface area contributed by atoms with Crippen LogP contribution >= 0.6 is 12.2 Å². The third kappa shape index (κ3) is 4.52. The van der Waals surface area contributed by atoms with Crippen LogP contribution in [0.5, 0.6) is 5.75 Å². The SMILES string of the molecule is CCCN1c2cc(OC)c(/C=C3/C(=O)NC(=S)N(c4ccccc4CC)C3=O)cc2C(C)CC1(C)C. The molecule has 0 aromatic heterocycles. The van der Waals surface area contributed by atoms with E-state index in [1.165, 1.54) is 10.5 Å². The second-order valence-corrected chi connectivity index (χ2v) is 10.5. The lowest BCUT2D eigenvalue weighted by molar-refractivity contribution is -0.122. The van der Waals surface area contributed by atoms with E-state index in [4.69, 9.17) is 17.0 Å². The number of carbonyl (C=O) groups is 2. The van der Waals surface area contributed by atoms with E-state index in [0.29, 0.717) is 22.9 Å². The summed E-state index contributed by atoms with van der Waals surface area (Å²) in [6.07, 6.45) is 4.42. The topological polar surface area (TPSA) is 61.9 Å². The molecule has 2 aliphatic heterocycles. The van der Waals surface area contributed by atoms with E-state index in [9.17, 15) is 9.59 Å². The maximum absolute atomic E-state index is 13.7. The Morgan fingerprint density at radius 1 is 1.17 bits per heavy atom. The van der Waals surface area contributed by atoms with E-state index in [-0.39, 0.29) is 16.2 Å². The number of methoxy groups -OCH3 is 1. The van der Waals surface area contributed by atoms with Crippen molar-refractivity contribution >= 4 is 46.6 Å². The molecule has 2 aromatic carbocycles. The number of nitrogens with one attached hydrogen (secondary N) is 1. The molecule has 2 amide bonds. The van der Waals surface area contributed by atoms with Gasteiger partial charge in [0.1, 0.15) is 11.3 Å². The first-order valence-corrected chi connectivity index (χ1v) is 13.0. The van der Waals surface area contributed by atoms with Crippen molar-refractivity contribution in [1.29, 1.82) is 0 Å². The van der Waals surface area contributed by atoms with Gasteiger partial charge < -0.3 is 9.64 Å². The van der Waals surface area contributed by atoms with Crippen molar-refractivity contribution in [2.45, 2.75) is 65.3 Å². The molecule has 2 heterocycles. The van der Waals surface area contributed by atoms with Gasteiger partial charge in [-0.1, -0.05) is 39.0 Å². The van der Waals surface area contributed by atoms with Crippen molar-refractivity contribution in [1.82, 2.24) is 5.32 Å². The molecule has 0 bridgehead atoms. The summed E-state index contributed by atoms with van der Waals surface area (Å²) in [6.45, 7) is 11.9. The normalized spacial score (nSPS) is 20.4. The lowest BCUT2D eigenvalue weighted by Gasteiger charge is -2.48. The predicted molar refractivity (Wildman–Crippen MR) is 150 cm³/mol. The summed E-state index contributed by atoms with van der Waals surface area (Å²) in [6, 6.07) is 11.7. The molecule has 1 saturated heterocycles. The smallest absolute Gasteiger partial charge is 0.270 e. The predicted octanol–water partition coefficient (Wildman–Crippen LogP) is 5.59. The number of nitrogens with zero attached hydrogens (tertiary/aromatic N) is 2. The number of carbonyl (C=O) groups excluding carboxylic acids is 2. The van der Waals surface area contributed by atoms with Crippen LogP contribution in [-0.2, 0) is 16.0 Å². The molecule has 0 spiro atoms. The Hall–Kier alpha value is -3.19. The van der Waals surface area contributed by atoms with Gasteiger partial charge in [-0.3, -0.25) is 19.8 Å². The zero-order chi connectivity index (χ0) is 26.2. The summed E-state index contributed by atoms with van der Waals surface area (Å²) in [5.74, 6) is 0.00655. The molecule has 1 fully saturated rings. The summed E-state index contributed by atoms with van der Waals surface area (Å²) in [7, 11) is 1.62. The van der Waals surface area contributed by atoms with Crippen LogP contribution in [0, 0.1) is 0 Å². The largest absolute Gasteiger partial charge is 0.496 e. The van der Waals surface area contributed by atoms with E-state index >= 15 is 0 Å². The number of para-hydroxylation sites is 1. The highest BCUT2D eigenvalue weighted by Gasteiger charge is 2.38. The molecule has 1 atom stereocenters. The molecule has 190 valence electrons.